The van der Waals surface area contributed by atoms with Gasteiger partial charge in [-0.3, -0.25) is 4.90 Å². The highest BCUT2D eigenvalue weighted by Crippen LogP contribution is 2.35. The Morgan fingerprint density at radius 1 is 1.56 bits per heavy atom. The minimum absolute atomic E-state index is 0.00651. The Balaban J connectivity index is 2.23. The maximum atomic E-state index is 11.9. The molecule has 1 amide bonds. The number of hydrogen-bond donors (Lipinski definition) is 0. The molecular weight excluding hydrogens is 250 g/mol. The molecule has 4 heteroatoms. The zero-order chi connectivity index (χ0) is 13.0. The normalized spacial score (nSPS) is 16.8. The summed E-state index contributed by atoms with van der Waals surface area (Å²) in [6, 6.07) is 7.92. The number of benzene rings is 1. The molecule has 1 aliphatic carbocycles. The lowest BCUT2D eigenvalue weighted by Gasteiger charge is -2.26. The molecule has 0 saturated carbocycles. The summed E-state index contributed by atoms with van der Waals surface area (Å²) < 4.78 is 4.84. The Kier molecular flexibility index (Phi) is 4.11. The van der Waals surface area contributed by atoms with E-state index in [0.29, 0.717) is 0 Å². The van der Waals surface area contributed by atoms with E-state index in [-0.39, 0.29) is 18.7 Å². The molecule has 94 valence electrons. The van der Waals surface area contributed by atoms with Crippen molar-refractivity contribution in [2.75, 3.05) is 12.6 Å². The first-order valence-electron chi connectivity index (χ1n) is 5.78. The van der Waals surface area contributed by atoms with Gasteiger partial charge < -0.3 is 4.74 Å². The van der Waals surface area contributed by atoms with Gasteiger partial charge in [-0.15, -0.1) is 6.42 Å². The van der Waals surface area contributed by atoms with Crippen LogP contribution in [0.15, 0.2) is 24.3 Å². The van der Waals surface area contributed by atoms with E-state index in [0.717, 1.165) is 18.4 Å². The Morgan fingerprint density at radius 2 is 2.33 bits per heavy atom. The first-order valence-corrected chi connectivity index (χ1v) is 6.32. The first kappa shape index (κ1) is 12.8. The van der Waals surface area contributed by atoms with Crippen LogP contribution < -0.4 is 0 Å². The van der Waals surface area contributed by atoms with E-state index in [1.165, 1.54) is 5.56 Å². The smallest absolute Gasteiger partial charge is 0.412 e. The zero-order valence-corrected chi connectivity index (χ0v) is 10.7. The van der Waals surface area contributed by atoms with Crippen molar-refractivity contribution in [3.63, 3.8) is 0 Å². The fraction of sp³-hybridized carbons (Fsp3) is 0.357. The molecule has 1 aromatic rings. The molecule has 0 aromatic heterocycles. The highest BCUT2D eigenvalue weighted by molar-refractivity contribution is 6.17. The number of carbonyl (C=O) groups excluding carboxylic acids is 1. The summed E-state index contributed by atoms with van der Waals surface area (Å²) in [6.45, 7) is 0.231. The molecule has 1 atom stereocenters. The van der Waals surface area contributed by atoms with Crippen molar-refractivity contribution in [2.24, 2.45) is 0 Å². The van der Waals surface area contributed by atoms with Crippen LogP contribution in [0.4, 0.5) is 4.79 Å². The largest absolute Gasteiger partial charge is 0.433 e. The molecule has 1 aromatic carbocycles. The Hall–Kier alpha value is -1.66. The second-order valence-electron chi connectivity index (χ2n) is 4.10. The van der Waals surface area contributed by atoms with Gasteiger partial charge >= 0.3 is 6.09 Å². The SMILES string of the molecule is C#CCN(C(=O)OCCl)[C@@H]1CCc2ccccc21. The van der Waals surface area contributed by atoms with Crippen molar-refractivity contribution in [3.05, 3.63) is 35.4 Å². The van der Waals surface area contributed by atoms with Gasteiger partial charge in [-0.1, -0.05) is 41.8 Å². The molecule has 18 heavy (non-hydrogen) atoms. The summed E-state index contributed by atoms with van der Waals surface area (Å²) in [6.07, 6.45) is 6.69. The fourth-order valence-corrected chi connectivity index (χ4v) is 2.48. The van der Waals surface area contributed by atoms with Crippen LogP contribution in [0.5, 0.6) is 0 Å². The second kappa shape index (κ2) is 5.79. The molecule has 0 N–H and O–H groups in total. The molecule has 0 fully saturated rings. The average molecular weight is 264 g/mol. The summed E-state index contributed by atoms with van der Waals surface area (Å²) in [5.41, 5.74) is 2.42. The van der Waals surface area contributed by atoms with E-state index in [1.807, 2.05) is 18.2 Å². The number of halogens is 1. The van der Waals surface area contributed by atoms with Crippen LogP contribution in [0.2, 0.25) is 0 Å². The molecule has 0 radical (unpaired) electrons. The van der Waals surface area contributed by atoms with Gasteiger partial charge in [0.1, 0.15) is 0 Å². The number of ether oxygens (including phenoxy) is 1. The van der Waals surface area contributed by atoms with Gasteiger partial charge in [0.05, 0.1) is 12.6 Å². The van der Waals surface area contributed by atoms with Crippen molar-refractivity contribution >= 4 is 17.7 Å². The van der Waals surface area contributed by atoms with Crippen molar-refractivity contribution < 1.29 is 9.53 Å². The number of amides is 1. The average Bonchev–Trinajstić information content (AvgIpc) is 2.80. The van der Waals surface area contributed by atoms with E-state index in [2.05, 4.69) is 12.0 Å². The van der Waals surface area contributed by atoms with Gasteiger partial charge in [0.25, 0.3) is 0 Å². The van der Waals surface area contributed by atoms with Crippen LogP contribution in [-0.2, 0) is 11.2 Å². The van der Waals surface area contributed by atoms with Crippen LogP contribution >= 0.6 is 11.6 Å². The van der Waals surface area contributed by atoms with Gasteiger partial charge in [0.15, 0.2) is 6.07 Å². The molecule has 0 heterocycles. The lowest BCUT2D eigenvalue weighted by Crippen LogP contribution is -2.34. The van der Waals surface area contributed by atoms with E-state index in [4.69, 9.17) is 22.8 Å². The van der Waals surface area contributed by atoms with E-state index in [1.54, 1.807) is 4.90 Å². The molecule has 0 aliphatic heterocycles. The maximum Gasteiger partial charge on any atom is 0.412 e. The number of fused-ring (bicyclic) bond motifs is 1. The van der Waals surface area contributed by atoms with Crippen molar-refractivity contribution in [2.45, 2.75) is 18.9 Å². The van der Waals surface area contributed by atoms with E-state index < -0.39 is 6.09 Å². The third-order valence-corrected chi connectivity index (χ3v) is 3.26. The summed E-state index contributed by atoms with van der Waals surface area (Å²) >= 11 is 5.43. The lowest BCUT2D eigenvalue weighted by atomic mass is 10.1. The number of carbonyl (C=O) groups is 1. The minimum atomic E-state index is -0.454. The number of rotatable bonds is 3. The number of alkyl halides is 1. The predicted octanol–water partition coefficient (Wildman–Crippen LogP) is 2.94. The van der Waals surface area contributed by atoms with Gasteiger partial charge in [-0.2, -0.15) is 0 Å². The lowest BCUT2D eigenvalue weighted by molar-refractivity contribution is 0.106. The maximum absolute atomic E-state index is 11.9. The summed E-state index contributed by atoms with van der Waals surface area (Å²) in [5.74, 6) is 2.50. The third-order valence-electron chi connectivity index (χ3n) is 3.15. The molecule has 3 nitrogen and oxygen atoms in total. The van der Waals surface area contributed by atoms with Gasteiger partial charge in [-0.05, 0) is 24.0 Å². The van der Waals surface area contributed by atoms with Crippen LogP contribution in [0, 0.1) is 12.3 Å². The Bertz CT molecular complexity index is 481. The number of nitrogens with zero attached hydrogens (tertiary/aromatic N) is 1. The zero-order valence-electron chi connectivity index (χ0n) is 9.93. The topological polar surface area (TPSA) is 29.5 Å². The molecule has 0 saturated heterocycles. The number of terminal acetylenes is 1. The van der Waals surface area contributed by atoms with Gasteiger partial charge in [0.2, 0.25) is 0 Å². The van der Waals surface area contributed by atoms with Crippen molar-refractivity contribution in [3.8, 4) is 12.3 Å². The van der Waals surface area contributed by atoms with Crippen molar-refractivity contribution in [1.82, 2.24) is 4.90 Å². The van der Waals surface area contributed by atoms with Gasteiger partial charge in [0, 0.05) is 0 Å². The molecule has 0 bridgehead atoms. The highest BCUT2D eigenvalue weighted by atomic mass is 35.5. The number of aryl methyl sites for hydroxylation is 1. The Morgan fingerprint density at radius 3 is 3.06 bits per heavy atom. The molecule has 0 unspecified atom stereocenters. The first-order chi connectivity index (χ1) is 8.77. The van der Waals surface area contributed by atoms with Crippen LogP contribution in [-0.4, -0.2) is 23.6 Å². The van der Waals surface area contributed by atoms with E-state index in [9.17, 15) is 4.79 Å². The Labute approximate surface area is 112 Å². The molecular formula is C14H14ClNO2. The summed E-state index contributed by atoms with van der Waals surface area (Å²) in [7, 11) is 0. The van der Waals surface area contributed by atoms with Crippen LogP contribution in [0.1, 0.15) is 23.6 Å². The molecule has 0 spiro atoms. The fourth-order valence-electron chi connectivity index (χ4n) is 2.39. The quantitative estimate of drug-likeness (QED) is 0.620. The molecule has 1 aliphatic rings. The third kappa shape index (κ3) is 2.44. The number of hydrogen-bond acceptors (Lipinski definition) is 2. The van der Waals surface area contributed by atoms with Crippen LogP contribution in [0.3, 0.4) is 0 Å². The van der Waals surface area contributed by atoms with Crippen molar-refractivity contribution in [1.29, 1.82) is 0 Å². The molecule has 2 rings (SSSR count). The highest BCUT2D eigenvalue weighted by Gasteiger charge is 2.31. The van der Waals surface area contributed by atoms with E-state index >= 15 is 0 Å². The summed E-state index contributed by atoms with van der Waals surface area (Å²) in [5, 5.41) is 0. The minimum Gasteiger partial charge on any atom is -0.433 e. The van der Waals surface area contributed by atoms with Crippen LogP contribution in [0.25, 0.3) is 0 Å². The predicted molar refractivity (Wildman–Crippen MR) is 70.2 cm³/mol. The second-order valence-corrected chi connectivity index (χ2v) is 4.32. The standard InChI is InChI=1S/C14H14ClNO2/c1-2-9-16(14(17)18-10-15)13-8-7-11-5-3-4-6-12(11)13/h1,3-6,13H,7-10H2/t13-/m1/s1. The monoisotopic (exact) mass is 263 g/mol. The van der Waals surface area contributed by atoms with Gasteiger partial charge in [-0.25, -0.2) is 4.79 Å². The summed E-state index contributed by atoms with van der Waals surface area (Å²) in [4.78, 5) is 13.4.